The van der Waals surface area contributed by atoms with Crippen molar-refractivity contribution >= 4 is 12.0 Å². The summed E-state index contributed by atoms with van der Waals surface area (Å²) in [5.74, 6) is -1.18. The molecule has 0 saturated heterocycles. The monoisotopic (exact) mass is 253 g/mol. The number of aliphatic hydroxyl groups excluding tert-OH is 1. The summed E-state index contributed by atoms with van der Waals surface area (Å²) < 4.78 is 0. The van der Waals surface area contributed by atoms with Crippen molar-refractivity contribution in [1.29, 1.82) is 0 Å². The fourth-order valence-electron chi connectivity index (χ4n) is 1.28. The Balaban J connectivity index is 2.39. The van der Waals surface area contributed by atoms with Crippen molar-refractivity contribution in [1.82, 2.24) is 15.6 Å². The molecular weight excluding hydrogens is 238 g/mol. The first-order valence-corrected chi connectivity index (χ1v) is 5.40. The maximum Gasteiger partial charge on any atom is 0.326 e. The van der Waals surface area contributed by atoms with E-state index < -0.39 is 18.0 Å². The van der Waals surface area contributed by atoms with Crippen LogP contribution in [0.1, 0.15) is 12.0 Å². The number of amides is 2. The molecule has 0 aliphatic heterocycles. The number of carbonyl (C=O) groups is 2. The molecule has 0 radical (unpaired) electrons. The molecule has 1 rings (SSSR count). The van der Waals surface area contributed by atoms with Crippen LogP contribution in [0.3, 0.4) is 0 Å². The van der Waals surface area contributed by atoms with Crippen LogP contribution in [0, 0.1) is 0 Å². The van der Waals surface area contributed by atoms with Crippen molar-refractivity contribution in [3.8, 4) is 0 Å². The van der Waals surface area contributed by atoms with Crippen molar-refractivity contribution < 1.29 is 19.8 Å². The number of hydrogen-bond acceptors (Lipinski definition) is 4. The Morgan fingerprint density at radius 2 is 2.22 bits per heavy atom. The Hall–Kier alpha value is -2.15. The number of aliphatic carboxylic acids is 1. The molecule has 1 aromatic rings. The lowest BCUT2D eigenvalue weighted by atomic mass is 10.2. The van der Waals surface area contributed by atoms with Gasteiger partial charge in [-0.25, -0.2) is 9.59 Å². The summed E-state index contributed by atoms with van der Waals surface area (Å²) in [5, 5.41) is 22.2. The van der Waals surface area contributed by atoms with Gasteiger partial charge in [-0.2, -0.15) is 0 Å². The number of carboxylic acid groups (broad SMARTS) is 1. The van der Waals surface area contributed by atoms with E-state index in [2.05, 4.69) is 15.6 Å². The van der Waals surface area contributed by atoms with Crippen molar-refractivity contribution in [2.45, 2.75) is 19.0 Å². The van der Waals surface area contributed by atoms with Crippen LogP contribution in [0.5, 0.6) is 0 Å². The van der Waals surface area contributed by atoms with Crippen molar-refractivity contribution in [3.63, 3.8) is 0 Å². The van der Waals surface area contributed by atoms with E-state index in [0.717, 1.165) is 5.56 Å². The first-order chi connectivity index (χ1) is 8.63. The average molecular weight is 253 g/mol. The zero-order chi connectivity index (χ0) is 13.4. The van der Waals surface area contributed by atoms with Gasteiger partial charge in [-0.1, -0.05) is 6.07 Å². The first-order valence-electron chi connectivity index (χ1n) is 5.40. The number of nitrogens with zero attached hydrogens (tertiary/aromatic N) is 1. The molecule has 7 nitrogen and oxygen atoms in total. The number of carboxylic acids is 1. The molecule has 7 heteroatoms. The minimum Gasteiger partial charge on any atom is -0.480 e. The molecule has 2 amide bonds. The Morgan fingerprint density at radius 1 is 1.44 bits per heavy atom. The number of nitrogens with one attached hydrogen (secondary N) is 2. The van der Waals surface area contributed by atoms with Crippen molar-refractivity contribution in [3.05, 3.63) is 30.1 Å². The Bertz CT molecular complexity index is 397. The van der Waals surface area contributed by atoms with E-state index in [9.17, 15) is 9.59 Å². The fourth-order valence-corrected chi connectivity index (χ4v) is 1.28. The molecular formula is C11H15N3O4. The van der Waals surface area contributed by atoms with Crippen LogP contribution in [0.2, 0.25) is 0 Å². The van der Waals surface area contributed by atoms with Gasteiger partial charge in [-0.3, -0.25) is 4.98 Å². The maximum atomic E-state index is 11.4. The number of rotatable bonds is 6. The average Bonchev–Trinajstić information content (AvgIpc) is 2.37. The molecule has 0 aliphatic carbocycles. The first kappa shape index (κ1) is 13.9. The lowest BCUT2D eigenvalue weighted by Crippen LogP contribution is -2.46. The van der Waals surface area contributed by atoms with Gasteiger partial charge in [0.05, 0.1) is 0 Å². The molecule has 18 heavy (non-hydrogen) atoms. The smallest absolute Gasteiger partial charge is 0.326 e. The molecule has 0 saturated carbocycles. The topological polar surface area (TPSA) is 112 Å². The lowest BCUT2D eigenvalue weighted by Gasteiger charge is -2.13. The van der Waals surface area contributed by atoms with Crippen molar-refractivity contribution in [2.75, 3.05) is 6.61 Å². The summed E-state index contributed by atoms with van der Waals surface area (Å²) in [4.78, 5) is 26.0. The largest absolute Gasteiger partial charge is 0.480 e. The molecule has 0 aromatic carbocycles. The maximum absolute atomic E-state index is 11.4. The lowest BCUT2D eigenvalue weighted by molar-refractivity contribution is -0.139. The molecule has 0 spiro atoms. The molecule has 98 valence electrons. The van der Waals surface area contributed by atoms with Crippen LogP contribution in [0.15, 0.2) is 24.5 Å². The third kappa shape index (κ3) is 4.79. The molecule has 1 aromatic heterocycles. The summed E-state index contributed by atoms with van der Waals surface area (Å²) in [5.41, 5.74) is 0.807. The summed E-state index contributed by atoms with van der Waals surface area (Å²) >= 11 is 0. The highest BCUT2D eigenvalue weighted by Gasteiger charge is 2.18. The standard InChI is InChI=1S/C11H15N3O4/c15-5-3-9(10(16)17)14-11(18)13-7-8-2-1-4-12-6-8/h1-2,4,6,9,15H,3,5,7H2,(H,16,17)(H2,13,14,18). The van der Waals surface area contributed by atoms with Crippen molar-refractivity contribution in [2.24, 2.45) is 0 Å². The van der Waals surface area contributed by atoms with Crippen LogP contribution in [-0.4, -0.2) is 39.8 Å². The van der Waals surface area contributed by atoms with Gasteiger partial charge in [-0.05, 0) is 11.6 Å². The minimum absolute atomic E-state index is 0.0321. The van der Waals surface area contributed by atoms with Gasteiger partial charge in [0.2, 0.25) is 0 Å². The van der Waals surface area contributed by atoms with E-state index in [1.165, 1.54) is 0 Å². The van der Waals surface area contributed by atoms with E-state index in [-0.39, 0.29) is 19.6 Å². The van der Waals surface area contributed by atoms with Gasteiger partial charge in [0.25, 0.3) is 0 Å². The molecule has 1 unspecified atom stereocenters. The van der Waals surface area contributed by atoms with Gasteiger partial charge in [0.15, 0.2) is 0 Å². The predicted molar refractivity (Wildman–Crippen MR) is 62.7 cm³/mol. The van der Waals surface area contributed by atoms with Crippen LogP contribution < -0.4 is 10.6 Å². The highest BCUT2D eigenvalue weighted by molar-refractivity contribution is 5.82. The van der Waals surface area contributed by atoms with Crippen LogP contribution in [-0.2, 0) is 11.3 Å². The quantitative estimate of drug-likeness (QED) is 0.557. The molecule has 1 atom stereocenters. The third-order valence-electron chi connectivity index (χ3n) is 2.20. The number of aromatic nitrogens is 1. The summed E-state index contributed by atoms with van der Waals surface area (Å²) in [6, 6.07) is 1.83. The van der Waals surface area contributed by atoms with Gasteiger partial charge in [0, 0.05) is 32.0 Å². The molecule has 1 heterocycles. The second kappa shape index (κ2) is 7.23. The fraction of sp³-hybridized carbons (Fsp3) is 0.364. The number of hydrogen-bond donors (Lipinski definition) is 4. The van der Waals surface area contributed by atoms with E-state index >= 15 is 0 Å². The van der Waals surface area contributed by atoms with E-state index in [1.807, 2.05) is 0 Å². The SMILES string of the molecule is O=C(NCc1cccnc1)NC(CCO)C(=O)O. The number of urea groups is 1. The summed E-state index contributed by atoms with van der Waals surface area (Å²) in [6.07, 6.45) is 3.18. The zero-order valence-electron chi connectivity index (χ0n) is 9.67. The van der Waals surface area contributed by atoms with Crippen LogP contribution in [0.4, 0.5) is 4.79 Å². The summed E-state index contributed by atoms with van der Waals surface area (Å²) in [6.45, 7) is -0.0506. The highest BCUT2D eigenvalue weighted by atomic mass is 16.4. The summed E-state index contributed by atoms with van der Waals surface area (Å²) in [7, 11) is 0. The second-order valence-corrected chi connectivity index (χ2v) is 3.59. The highest BCUT2D eigenvalue weighted by Crippen LogP contribution is 1.95. The Morgan fingerprint density at radius 3 is 2.78 bits per heavy atom. The molecule has 0 aliphatic rings. The Labute approximate surface area is 104 Å². The minimum atomic E-state index is -1.18. The predicted octanol–water partition coefficient (Wildman–Crippen LogP) is -0.284. The second-order valence-electron chi connectivity index (χ2n) is 3.59. The van der Waals surface area contributed by atoms with Gasteiger partial charge in [-0.15, -0.1) is 0 Å². The van der Waals surface area contributed by atoms with E-state index in [4.69, 9.17) is 10.2 Å². The third-order valence-corrected chi connectivity index (χ3v) is 2.20. The zero-order valence-corrected chi connectivity index (χ0v) is 9.67. The van der Waals surface area contributed by atoms with Crippen LogP contribution in [0.25, 0.3) is 0 Å². The molecule has 4 N–H and O–H groups in total. The number of pyridine rings is 1. The molecule has 0 fully saturated rings. The number of aliphatic hydroxyl groups is 1. The van der Waals surface area contributed by atoms with Gasteiger partial charge < -0.3 is 20.8 Å². The Kier molecular flexibility index (Phi) is 5.59. The normalized spacial score (nSPS) is 11.6. The van der Waals surface area contributed by atoms with Crippen LogP contribution >= 0.6 is 0 Å². The van der Waals surface area contributed by atoms with Gasteiger partial charge >= 0.3 is 12.0 Å². The van der Waals surface area contributed by atoms with Gasteiger partial charge in [0.1, 0.15) is 6.04 Å². The van der Waals surface area contributed by atoms with E-state index in [0.29, 0.717) is 0 Å². The van der Waals surface area contributed by atoms with E-state index in [1.54, 1.807) is 24.5 Å². The molecule has 0 bridgehead atoms. The number of carbonyl (C=O) groups excluding carboxylic acids is 1.